The molecule has 8 aromatic carbocycles. The van der Waals surface area contributed by atoms with Crippen molar-refractivity contribution in [2.45, 2.75) is 0 Å². The number of anilines is 3. The van der Waals surface area contributed by atoms with E-state index in [2.05, 4.69) is 205 Å². The molecule has 0 fully saturated rings. The van der Waals surface area contributed by atoms with Crippen LogP contribution in [0.15, 0.2) is 217 Å². The van der Waals surface area contributed by atoms with Gasteiger partial charge in [0, 0.05) is 22.3 Å². The first-order chi connectivity index (χ1) is 25.8. The predicted octanol–water partition coefficient (Wildman–Crippen LogP) is 14.2. The second-order valence-electron chi connectivity index (χ2n) is 13.0. The van der Waals surface area contributed by atoms with Crippen LogP contribution in [0.25, 0.3) is 66.8 Å². The monoisotopic (exact) mass is 665 g/mol. The molecular formula is C50H35NO. The summed E-state index contributed by atoms with van der Waals surface area (Å²) in [5.41, 5.74) is 14.4. The van der Waals surface area contributed by atoms with Gasteiger partial charge in [0.05, 0.1) is 5.69 Å². The van der Waals surface area contributed by atoms with E-state index < -0.39 is 0 Å². The van der Waals surface area contributed by atoms with Gasteiger partial charge < -0.3 is 9.32 Å². The summed E-state index contributed by atoms with van der Waals surface area (Å²) in [4.78, 5) is 2.37. The zero-order chi connectivity index (χ0) is 34.7. The van der Waals surface area contributed by atoms with E-state index in [-0.39, 0.29) is 0 Å². The summed E-state index contributed by atoms with van der Waals surface area (Å²) in [5.74, 6) is 0.831. The Bertz CT molecular complexity index is 2510. The van der Waals surface area contributed by atoms with Gasteiger partial charge >= 0.3 is 0 Å². The lowest BCUT2D eigenvalue weighted by Crippen LogP contribution is -2.11. The fraction of sp³-hybridized carbons (Fsp3) is 0. The third kappa shape index (κ3) is 6.08. The highest BCUT2D eigenvalue weighted by molar-refractivity contribution is 5.93. The van der Waals surface area contributed by atoms with E-state index in [1.165, 1.54) is 27.8 Å². The summed E-state index contributed by atoms with van der Waals surface area (Å²) in [6, 6.07) is 75.3. The molecule has 0 aliphatic rings. The molecule has 0 aliphatic heterocycles. The van der Waals surface area contributed by atoms with Gasteiger partial charge in [0.15, 0.2) is 0 Å². The molecule has 0 aliphatic carbocycles. The molecule has 0 atom stereocenters. The molecule has 2 nitrogen and oxygen atoms in total. The van der Waals surface area contributed by atoms with Gasteiger partial charge in [-0.2, -0.15) is 0 Å². The molecule has 246 valence electrons. The normalized spacial score (nSPS) is 11.1. The smallest absolute Gasteiger partial charge is 0.137 e. The summed E-state index contributed by atoms with van der Waals surface area (Å²) in [5, 5.41) is 1.08. The van der Waals surface area contributed by atoms with Gasteiger partial charge in [0.2, 0.25) is 0 Å². The number of rotatable bonds is 8. The van der Waals surface area contributed by atoms with Crippen LogP contribution < -0.4 is 4.90 Å². The third-order valence-electron chi connectivity index (χ3n) is 9.67. The maximum absolute atomic E-state index is 6.51. The summed E-state index contributed by atoms with van der Waals surface area (Å²) in [6.07, 6.45) is 0. The van der Waals surface area contributed by atoms with Crippen molar-refractivity contribution in [1.82, 2.24) is 0 Å². The Morgan fingerprint density at radius 3 is 1.38 bits per heavy atom. The molecular weight excluding hydrogens is 631 g/mol. The Labute approximate surface area is 304 Å². The van der Waals surface area contributed by atoms with Crippen LogP contribution in [-0.4, -0.2) is 0 Å². The summed E-state index contributed by atoms with van der Waals surface area (Å²) >= 11 is 0. The first-order valence-electron chi connectivity index (χ1n) is 17.7. The standard InChI is InChI=1S/C50H35NO/c1-4-16-36(17-5-1)41-32-42(37-18-6-2-7-19-37)34-44(33-41)51(48-26-14-13-25-47(48)50-35-40-22-10-15-27-49(40)52-50)43-30-28-39(29-31-43)46-24-12-11-23-45(46)38-20-8-3-9-21-38/h1-35H. The fourth-order valence-corrected chi connectivity index (χ4v) is 7.15. The van der Waals surface area contributed by atoms with Crippen molar-refractivity contribution in [1.29, 1.82) is 0 Å². The number of nitrogens with zero attached hydrogens (tertiary/aromatic N) is 1. The lowest BCUT2D eigenvalue weighted by molar-refractivity contribution is 0.631. The van der Waals surface area contributed by atoms with Crippen LogP contribution in [0.5, 0.6) is 0 Å². The third-order valence-corrected chi connectivity index (χ3v) is 9.67. The highest BCUT2D eigenvalue weighted by Gasteiger charge is 2.21. The van der Waals surface area contributed by atoms with Crippen LogP contribution in [0.4, 0.5) is 17.1 Å². The van der Waals surface area contributed by atoms with E-state index in [1.807, 2.05) is 12.1 Å². The minimum Gasteiger partial charge on any atom is -0.456 e. The van der Waals surface area contributed by atoms with E-state index in [9.17, 15) is 0 Å². The topological polar surface area (TPSA) is 16.4 Å². The highest BCUT2D eigenvalue weighted by Crippen LogP contribution is 2.45. The Balaban J connectivity index is 1.25. The zero-order valence-electron chi connectivity index (χ0n) is 28.6. The first kappa shape index (κ1) is 31.1. The fourth-order valence-electron chi connectivity index (χ4n) is 7.15. The number of fused-ring (bicyclic) bond motifs is 1. The lowest BCUT2D eigenvalue weighted by Gasteiger charge is -2.28. The predicted molar refractivity (Wildman–Crippen MR) is 218 cm³/mol. The minimum atomic E-state index is 0.831. The largest absolute Gasteiger partial charge is 0.456 e. The first-order valence-corrected chi connectivity index (χ1v) is 17.7. The average molecular weight is 666 g/mol. The van der Waals surface area contributed by atoms with Crippen molar-refractivity contribution in [3.05, 3.63) is 212 Å². The van der Waals surface area contributed by atoms with E-state index in [0.717, 1.165) is 56.0 Å². The van der Waals surface area contributed by atoms with Crippen LogP contribution in [0.1, 0.15) is 0 Å². The summed E-state index contributed by atoms with van der Waals surface area (Å²) < 4.78 is 6.51. The number of hydrogen-bond acceptors (Lipinski definition) is 2. The van der Waals surface area contributed by atoms with Gasteiger partial charge in [0.25, 0.3) is 0 Å². The van der Waals surface area contributed by atoms with Crippen LogP contribution in [0.3, 0.4) is 0 Å². The van der Waals surface area contributed by atoms with Crippen LogP contribution in [-0.2, 0) is 0 Å². The molecule has 52 heavy (non-hydrogen) atoms. The molecule has 1 heterocycles. The van der Waals surface area contributed by atoms with Gasteiger partial charge in [-0.1, -0.05) is 158 Å². The van der Waals surface area contributed by atoms with Crippen molar-refractivity contribution in [3.8, 4) is 55.8 Å². The number of hydrogen-bond donors (Lipinski definition) is 0. The average Bonchev–Trinajstić information content (AvgIpc) is 3.67. The van der Waals surface area contributed by atoms with E-state index in [0.29, 0.717) is 0 Å². The molecule has 2 heteroatoms. The maximum atomic E-state index is 6.51. The maximum Gasteiger partial charge on any atom is 0.137 e. The molecule has 9 rings (SSSR count). The van der Waals surface area contributed by atoms with Crippen LogP contribution >= 0.6 is 0 Å². The van der Waals surface area contributed by atoms with Crippen molar-refractivity contribution >= 4 is 28.0 Å². The Hall–Kier alpha value is -6.90. The molecule has 1 aromatic heterocycles. The quantitative estimate of drug-likeness (QED) is 0.161. The Morgan fingerprint density at radius 1 is 0.308 bits per heavy atom. The van der Waals surface area contributed by atoms with Gasteiger partial charge in [-0.05, 0) is 99.1 Å². The number of para-hydroxylation sites is 2. The Kier molecular flexibility index (Phi) is 8.24. The van der Waals surface area contributed by atoms with Crippen LogP contribution in [0, 0.1) is 0 Å². The lowest BCUT2D eigenvalue weighted by atomic mass is 9.94. The molecule has 0 bridgehead atoms. The van der Waals surface area contributed by atoms with Gasteiger partial charge in [0.1, 0.15) is 11.3 Å². The van der Waals surface area contributed by atoms with E-state index in [4.69, 9.17) is 4.42 Å². The van der Waals surface area contributed by atoms with Gasteiger partial charge in [-0.15, -0.1) is 0 Å². The highest BCUT2D eigenvalue weighted by atomic mass is 16.3. The molecule has 0 radical (unpaired) electrons. The molecule has 0 saturated heterocycles. The van der Waals surface area contributed by atoms with E-state index >= 15 is 0 Å². The number of benzene rings is 8. The molecule has 0 N–H and O–H groups in total. The van der Waals surface area contributed by atoms with Crippen molar-refractivity contribution in [2.24, 2.45) is 0 Å². The molecule has 0 amide bonds. The van der Waals surface area contributed by atoms with Gasteiger partial charge in [-0.25, -0.2) is 0 Å². The second-order valence-corrected chi connectivity index (χ2v) is 13.0. The van der Waals surface area contributed by atoms with Crippen molar-refractivity contribution in [2.75, 3.05) is 4.90 Å². The van der Waals surface area contributed by atoms with Gasteiger partial charge in [-0.3, -0.25) is 0 Å². The summed E-state index contributed by atoms with van der Waals surface area (Å²) in [6.45, 7) is 0. The molecule has 0 saturated carbocycles. The minimum absolute atomic E-state index is 0.831. The van der Waals surface area contributed by atoms with Crippen molar-refractivity contribution in [3.63, 3.8) is 0 Å². The number of furan rings is 1. The second kappa shape index (κ2) is 13.8. The van der Waals surface area contributed by atoms with Crippen molar-refractivity contribution < 1.29 is 4.42 Å². The molecule has 9 aromatic rings. The molecule has 0 spiro atoms. The SMILES string of the molecule is c1ccc(-c2cc(-c3ccccc3)cc(N(c3ccc(-c4ccccc4-c4ccccc4)cc3)c3ccccc3-c3cc4ccccc4o3)c2)cc1. The molecule has 0 unspecified atom stereocenters. The van der Waals surface area contributed by atoms with E-state index in [1.54, 1.807) is 0 Å². The Morgan fingerprint density at radius 2 is 0.788 bits per heavy atom. The zero-order valence-corrected chi connectivity index (χ0v) is 28.6. The summed E-state index contributed by atoms with van der Waals surface area (Å²) in [7, 11) is 0. The van der Waals surface area contributed by atoms with Crippen LogP contribution in [0.2, 0.25) is 0 Å².